The molecule has 0 fully saturated rings. The fourth-order valence-electron chi connectivity index (χ4n) is 2.47. The van der Waals surface area contributed by atoms with Crippen LogP contribution < -0.4 is 20.7 Å². The third-order valence-electron chi connectivity index (χ3n) is 4.10. The van der Waals surface area contributed by atoms with E-state index in [0.717, 1.165) is 16.8 Å². The highest BCUT2D eigenvalue weighted by Gasteiger charge is 2.10. The first-order valence-corrected chi connectivity index (χ1v) is 8.90. The molecule has 6 nitrogen and oxygen atoms in total. The van der Waals surface area contributed by atoms with Crippen molar-refractivity contribution in [3.8, 4) is 5.75 Å². The smallest absolute Gasteiger partial charge is 0.243 e. The van der Waals surface area contributed by atoms with Crippen molar-refractivity contribution < 1.29 is 14.3 Å². The number of carbonyl (C=O) groups excluding carboxylic acids is 2. The van der Waals surface area contributed by atoms with Crippen LogP contribution in [0.25, 0.3) is 0 Å². The summed E-state index contributed by atoms with van der Waals surface area (Å²) in [4.78, 5) is 24.2. The number of aryl methyl sites for hydroxylation is 2. The first kappa shape index (κ1) is 20.3. The number of benzene rings is 2. The molecule has 0 spiro atoms. The maximum Gasteiger partial charge on any atom is 0.243 e. The molecule has 0 saturated heterocycles. The Hall–Kier alpha value is -3.02. The molecule has 0 heterocycles. The number of hydrogen-bond acceptors (Lipinski definition) is 4. The molecule has 0 saturated carbocycles. The van der Waals surface area contributed by atoms with Crippen molar-refractivity contribution in [3.63, 3.8) is 0 Å². The number of ether oxygens (including phenoxy) is 1. The lowest BCUT2D eigenvalue weighted by Gasteiger charge is -2.14. The molecule has 3 N–H and O–H groups in total. The van der Waals surface area contributed by atoms with Crippen LogP contribution in [0.1, 0.15) is 25.0 Å². The van der Waals surface area contributed by atoms with E-state index in [9.17, 15) is 9.59 Å². The van der Waals surface area contributed by atoms with E-state index in [4.69, 9.17) is 4.74 Å². The van der Waals surface area contributed by atoms with Gasteiger partial charge in [-0.1, -0.05) is 26.0 Å². The highest BCUT2D eigenvalue weighted by Crippen LogP contribution is 2.25. The van der Waals surface area contributed by atoms with Crippen LogP contribution in [-0.4, -0.2) is 25.5 Å². The zero-order chi connectivity index (χ0) is 20.0. The average molecular weight is 369 g/mol. The standard InChI is InChI=1S/C21H27N3O3/c1-13(2)21(26)23-16-8-7-15(4)17(11-16)22-12-20(25)24-18-10-14(3)6-9-19(18)27-5/h6-11,13,22H,12H2,1-5H3,(H,23,26)(H,24,25). The summed E-state index contributed by atoms with van der Waals surface area (Å²) in [6.07, 6.45) is 0. The largest absolute Gasteiger partial charge is 0.495 e. The Morgan fingerprint density at radius 2 is 1.74 bits per heavy atom. The lowest BCUT2D eigenvalue weighted by molar-refractivity contribution is -0.119. The molecule has 0 aliphatic carbocycles. The van der Waals surface area contributed by atoms with Gasteiger partial charge in [-0.15, -0.1) is 0 Å². The quantitative estimate of drug-likeness (QED) is 0.690. The van der Waals surface area contributed by atoms with E-state index >= 15 is 0 Å². The Labute approximate surface area is 160 Å². The van der Waals surface area contributed by atoms with Crippen molar-refractivity contribution in [2.45, 2.75) is 27.7 Å². The average Bonchev–Trinajstić information content (AvgIpc) is 2.62. The molecule has 0 radical (unpaired) electrons. The SMILES string of the molecule is COc1ccc(C)cc1NC(=O)CNc1cc(NC(=O)C(C)C)ccc1C. The van der Waals surface area contributed by atoms with Crippen molar-refractivity contribution in [2.75, 3.05) is 29.6 Å². The zero-order valence-corrected chi connectivity index (χ0v) is 16.5. The Bertz CT molecular complexity index is 831. The van der Waals surface area contributed by atoms with E-state index in [0.29, 0.717) is 17.1 Å². The fourth-order valence-corrected chi connectivity index (χ4v) is 2.47. The van der Waals surface area contributed by atoms with E-state index in [1.165, 1.54) is 0 Å². The summed E-state index contributed by atoms with van der Waals surface area (Å²) in [5.41, 5.74) is 4.14. The summed E-state index contributed by atoms with van der Waals surface area (Å²) in [6, 6.07) is 11.2. The van der Waals surface area contributed by atoms with Crippen molar-refractivity contribution in [2.24, 2.45) is 5.92 Å². The van der Waals surface area contributed by atoms with Gasteiger partial charge in [0.1, 0.15) is 5.75 Å². The Kier molecular flexibility index (Phi) is 6.82. The van der Waals surface area contributed by atoms with Gasteiger partial charge in [-0.3, -0.25) is 9.59 Å². The minimum Gasteiger partial charge on any atom is -0.495 e. The molecule has 6 heteroatoms. The molecule has 0 aliphatic rings. The van der Waals surface area contributed by atoms with Gasteiger partial charge < -0.3 is 20.7 Å². The van der Waals surface area contributed by atoms with E-state index in [1.807, 2.05) is 64.1 Å². The van der Waals surface area contributed by atoms with Crippen LogP contribution in [0.4, 0.5) is 17.1 Å². The van der Waals surface area contributed by atoms with Crippen LogP contribution in [0.15, 0.2) is 36.4 Å². The highest BCUT2D eigenvalue weighted by atomic mass is 16.5. The summed E-state index contributed by atoms with van der Waals surface area (Å²) in [6.45, 7) is 7.67. The summed E-state index contributed by atoms with van der Waals surface area (Å²) in [5, 5.41) is 8.84. The minimum atomic E-state index is -0.185. The van der Waals surface area contributed by atoms with Crippen LogP contribution in [0.2, 0.25) is 0 Å². The summed E-state index contributed by atoms with van der Waals surface area (Å²) in [5.74, 6) is 0.283. The second-order valence-electron chi connectivity index (χ2n) is 6.78. The maximum atomic E-state index is 12.3. The second kappa shape index (κ2) is 9.07. The Balaban J connectivity index is 2.02. The summed E-state index contributed by atoms with van der Waals surface area (Å²) < 4.78 is 5.28. The number of anilines is 3. The number of amides is 2. The molecule has 144 valence electrons. The van der Waals surface area contributed by atoms with Crippen molar-refractivity contribution in [1.29, 1.82) is 0 Å². The van der Waals surface area contributed by atoms with Gasteiger partial charge in [0.15, 0.2) is 0 Å². The monoisotopic (exact) mass is 369 g/mol. The van der Waals surface area contributed by atoms with E-state index in [1.54, 1.807) is 7.11 Å². The van der Waals surface area contributed by atoms with Gasteiger partial charge in [0, 0.05) is 17.3 Å². The molecule has 0 bridgehead atoms. The molecule has 2 aromatic carbocycles. The van der Waals surface area contributed by atoms with Gasteiger partial charge in [0.2, 0.25) is 11.8 Å². The normalized spacial score (nSPS) is 10.4. The number of hydrogen-bond donors (Lipinski definition) is 3. The van der Waals surface area contributed by atoms with E-state index in [-0.39, 0.29) is 24.3 Å². The van der Waals surface area contributed by atoms with Crippen molar-refractivity contribution in [3.05, 3.63) is 47.5 Å². The van der Waals surface area contributed by atoms with E-state index in [2.05, 4.69) is 16.0 Å². The Morgan fingerprint density at radius 3 is 2.41 bits per heavy atom. The fraction of sp³-hybridized carbons (Fsp3) is 0.333. The molecule has 27 heavy (non-hydrogen) atoms. The van der Waals surface area contributed by atoms with E-state index < -0.39 is 0 Å². The summed E-state index contributed by atoms with van der Waals surface area (Å²) in [7, 11) is 1.57. The van der Waals surface area contributed by atoms with Crippen LogP contribution in [-0.2, 0) is 9.59 Å². The molecule has 0 unspecified atom stereocenters. The first-order valence-electron chi connectivity index (χ1n) is 8.90. The molecule has 0 aliphatic heterocycles. The predicted octanol–water partition coefficient (Wildman–Crippen LogP) is 3.96. The highest BCUT2D eigenvalue weighted by molar-refractivity contribution is 5.96. The van der Waals surface area contributed by atoms with Gasteiger partial charge >= 0.3 is 0 Å². The van der Waals surface area contributed by atoms with Gasteiger partial charge in [-0.05, 0) is 49.2 Å². The van der Waals surface area contributed by atoms with Crippen molar-refractivity contribution in [1.82, 2.24) is 0 Å². The molecule has 0 atom stereocenters. The number of nitrogens with one attached hydrogen (secondary N) is 3. The third kappa shape index (κ3) is 5.74. The first-order chi connectivity index (χ1) is 12.8. The lowest BCUT2D eigenvalue weighted by Crippen LogP contribution is -2.22. The van der Waals surface area contributed by atoms with Gasteiger partial charge in [0.25, 0.3) is 0 Å². The second-order valence-corrected chi connectivity index (χ2v) is 6.78. The molecule has 2 rings (SSSR count). The van der Waals surface area contributed by atoms with Gasteiger partial charge in [-0.25, -0.2) is 0 Å². The number of rotatable bonds is 7. The summed E-state index contributed by atoms with van der Waals surface area (Å²) >= 11 is 0. The maximum absolute atomic E-state index is 12.3. The van der Waals surface area contributed by atoms with Gasteiger partial charge in [0.05, 0.1) is 19.3 Å². The number of carbonyl (C=O) groups is 2. The van der Waals surface area contributed by atoms with Crippen molar-refractivity contribution >= 4 is 28.9 Å². The molecule has 0 aromatic heterocycles. The molecule has 2 aromatic rings. The molecule has 2 amide bonds. The predicted molar refractivity (Wildman–Crippen MR) is 109 cm³/mol. The lowest BCUT2D eigenvalue weighted by atomic mass is 10.1. The van der Waals surface area contributed by atoms with Crippen LogP contribution in [0.3, 0.4) is 0 Å². The third-order valence-corrected chi connectivity index (χ3v) is 4.10. The Morgan fingerprint density at radius 1 is 1.00 bits per heavy atom. The topological polar surface area (TPSA) is 79.5 Å². The molecular formula is C21H27N3O3. The zero-order valence-electron chi connectivity index (χ0n) is 16.5. The van der Waals surface area contributed by atoms with Crippen LogP contribution in [0, 0.1) is 19.8 Å². The van der Waals surface area contributed by atoms with Crippen LogP contribution >= 0.6 is 0 Å². The molecular weight excluding hydrogens is 342 g/mol. The van der Waals surface area contributed by atoms with Gasteiger partial charge in [-0.2, -0.15) is 0 Å². The minimum absolute atomic E-state index is 0.0471. The van der Waals surface area contributed by atoms with Crippen LogP contribution in [0.5, 0.6) is 5.75 Å². The number of methoxy groups -OCH3 is 1.